The molecule has 1 fully saturated rings. The first-order valence-corrected chi connectivity index (χ1v) is 9.87. The van der Waals surface area contributed by atoms with Crippen LogP contribution in [0.5, 0.6) is 0 Å². The van der Waals surface area contributed by atoms with Gasteiger partial charge in [0, 0.05) is 30.5 Å². The predicted octanol–water partition coefficient (Wildman–Crippen LogP) is 3.27. The number of rotatable bonds is 5. The molecule has 1 N–H and O–H groups in total. The number of pyridine rings is 1. The summed E-state index contributed by atoms with van der Waals surface area (Å²) in [5.74, 6) is 0.801. The molecule has 6 nitrogen and oxygen atoms in total. The van der Waals surface area contributed by atoms with E-state index in [0.29, 0.717) is 25.3 Å². The molecule has 4 rings (SSSR count). The van der Waals surface area contributed by atoms with Crippen LogP contribution in [0.1, 0.15) is 31.0 Å². The number of benzene rings is 1. The van der Waals surface area contributed by atoms with E-state index in [4.69, 9.17) is 9.72 Å². The fourth-order valence-electron chi connectivity index (χ4n) is 3.75. The summed E-state index contributed by atoms with van der Waals surface area (Å²) >= 11 is 0. The highest BCUT2D eigenvalue weighted by Crippen LogP contribution is 2.25. The first kappa shape index (κ1) is 18.5. The lowest BCUT2D eigenvalue weighted by Crippen LogP contribution is -2.39. The molecule has 2 aromatic heterocycles. The monoisotopic (exact) mass is 378 g/mol. The van der Waals surface area contributed by atoms with Gasteiger partial charge in [0.05, 0.1) is 24.8 Å². The van der Waals surface area contributed by atoms with E-state index in [-0.39, 0.29) is 11.6 Å². The van der Waals surface area contributed by atoms with Crippen molar-refractivity contribution >= 4 is 17.2 Å². The van der Waals surface area contributed by atoms with Gasteiger partial charge >= 0.3 is 0 Å². The van der Waals surface area contributed by atoms with Gasteiger partial charge in [-0.05, 0) is 31.5 Å². The summed E-state index contributed by atoms with van der Waals surface area (Å²) in [7, 11) is 0. The topological polar surface area (TPSA) is 58.9 Å². The summed E-state index contributed by atoms with van der Waals surface area (Å²) in [5.41, 5.74) is 3.53. The minimum atomic E-state index is 0.00974. The number of hydrogen-bond donors (Lipinski definition) is 1. The highest BCUT2D eigenvalue weighted by molar-refractivity contribution is 5.59. The second-order valence-electron chi connectivity index (χ2n) is 7.06. The third-order valence-electron chi connectivity index (χ3n) is 5.24. The molecule has 1 aliphatic rings. The van der Waals surface area contributed by atoms with Crippen molar-refractivity contribution < 1.29 is 4.74 Å². The fourth-order valence-corrected chi connectivity index (χ4v) is 3.75. The summed E-state index contributed by atoms with van der Waals surface area (Å²) in [6.45, 7) is 6.95. The van der Waals surface area contributed by atoms with Crippen LogP contribution in [0, 0.1) is 0 Å². The second-order valence-corrected chi connectivity index (χ2v) is 7.06. The number of nitrogens with zero attached hydrogens (tertiary/aromatic N) is 3. The molecule has 6 heteroatoms. The zero-order valence-electron chi connectivity index (χ0n) is 16.4. The highest BCUT2D eigenvalue weighted by atomic mass is 16.5. The van der Waals surface area contributed by atoms with Crippen LogP contribution in [0.15, 0.2) is 53.5 Å². The Morgan fingerprint density at radius 2 is 1.89 bits per heavy atom. The number of aromatic nitrogens is 2. The normalized spacial score (nSPS) is 15.6. The molecule has 1 atom stereocenters. The summed E-state index contributed by atoms with van der Waals surface area (Å²) in [6, 6.07) is 14.0. The summed E-state index contributed by atoms with van der Waals surface area (Å²) in [6.07, 6.45) is 2.47. The molecule has 0 saturated carbocycles. The lowest BCUT2D eigenvalue weighted by molar-refractivity contribution is 0.122. The molecule has 3 heterocycles. The first-order chi connectivity index (χ1) is 13.7. The number of fused-ring (bicyclic) bond motifs is 1. The molecule has 0 radical (unpaired) electrons. The van der Waals surface area contributed by atoms with Gasteiger partial charge in [0.1, 0.15) is 11.5 Å². The number of nitrogens with one attached hydrogen (secondary N) is 1. The van der Waals surface area contributed by atoms with E-state index >= 15 is 0 Å². The van der Waals surface area contributed by atoms with Crippen LogP contribution < -0.4 is 15.8 Å². The maximum Gasteiger partial charge on any atom is 0.263 e. The Hall–Kier alpha value is -2.86. The van der Waals surface area contributed by atoms with Crippen LogP contribution in [0.25, 0.3) is 5.65 Å². The number of morpholine rings is 1. The van der Waals surface area contributed by atoms with Gasteiger partial charge in [-0.2, -0.15) is 0 Å². The van der Waals surface area contributed by atoms with Crippen molar-refractivity contribution in [2.24, 2.45) is 0 Å². The molecule has 1 unspecified atom stereocenters. The maximum atomic E-state index is 13.2. The maximum absolute atomic E-state index is 13.2. The number of hydrogen-bond acceptors (Lipinski definition) is 5. The van der Waals surface area contributed by atoms with Crippen molar-refractivity contribution in [1.29, 1.82) is 0 Å². The molecule has 28 heavy (non-hydrogen) atoms. The lowest BCUT2D eigenvalue weighted by Gasteiger charge is -2.29. The molecule has 0 bridgehead atoms. The van der Waals surface area contributed by atoms with E-state index in [1.165, 1.54) is 0 Å². The highest BCUT2D eigenvalue weighted by Gasteiger charge is 2.21. The summed E-state index contributed by atoms with van der Waals surface area (Å²) in [4.78, 5) is 20.4. The standard InChI is InChI=1S/C22H26N4O2/c1-3-18-20(25-12-14-28-15-13-25)24-21-19(10-7-11-26(21)22(18)27)16(2)23-17-8-5-4-6-9-17/h4-11,16,23H,3,12-15H2,1-2H3. The number of anilines is 2. The fraction of sp³-hybridized carbons (Fsp3) is 0.364. The second kappa shape index (κ2) is 8.02. The Labute approximate surface area is 164 Å². The van der Waals surface area contributed by atoms with Crippen molar-refractivity contribution in [2.45, 2.75) is 26.3 Å². The average Bonchev–Trinajstić information content (AvgIpc) is 2.74. The van der Waals surface area contributed by atoms with Gasteiger partial charge in [0.25, 0.3) is 5.56 Å². The van der Waals surface area contributed by atoms with Crippen LogP contribution in [0.3, 0.4) is 0 Å². The van der Waals surface area contributed by atoms with E-state index < -0.39 is 0 Å². The molecule has 1 saturated heterocycles. The van der Waals surface area contributed by atoms with Crippen LogP contribution in [-0.4, -0.2) is 35.7 Å². The quantitative estimate of drug-likeness (QED) is 0.738. The third kappa shape index (κ3) is 3.47. The van der Waals surface area contributed by atoms with Gasteiger partial charge in [-0.1, -0.05) is 31.2 Å². The third-order valence-corrected chi connectivity index (χ3v) is 5.24. The zero-order valence-corrected chi connectivity index (χ0v) is 16.4. The smallest absolute Gasteiger partial charge is 0.263 e. The lowest BCUT2D eigenvalue weighted by atomic mass is 10.1. The van der Waals surface area contributed by atoms with Gasteiger partial charge in [-0.3, -0.25) is 9.20 Å². The number of ether oxygens (including phenoxy) is 1. The van der Waals surface area contributed by atoms with Crippen LogP contribution in [0.2, 0.25) is 0 Å². The van der Waals surface area contributed by atoms with Gasteiger partial charge in [0.15, 0.2) is 0 Å². The van der Waals surface area contributed by atoms with E-state index in [1.54, 1.807) is 4.40 Å². The van der Waals surface area contributed by atoms with Crippen molar-refractivity contribution in [2.75, 3.05) is 36.5 Å². The minimum absolute atomic E-state index is 0.00974. The SMILES string of the molecule is CCc1c(N2CCOCC2)nc2c(C(C)Nc3ccccc3)cccn2c1=O. The summed E-state index contributed by atoms with van der Waals surface area (Å²) in [5, 5.41) is 3.51. The Kier molecular flexibility index (Phi) is 5.30. The summed E-state index contributed by atoms with van der Waals surface area (Å²) < 4.78 is 7.16. The first-order valence-electron chi connectivity index (χ1n) is 9.87. The van der Waals surface area contributed by atoms with E-state index in [9.17, 15) is 4.79 Å². The molecular formula is C22H26N4O2. The van der Waals surface area contributed by atoms with Crippen LogP contribution in [0.4, 0.5) is 11.5 Å². The van der Waals surface area contributed by atoms with Gasteiger partial charge in [-0.25, -0.2) is 4.98 Å². The molecule has 0 aliphatic carbocycles. The van der Waals surface area contributed by atoms with Gasteiger partial charge in [-0.15, -0.1) is 0 Å². The predicted molar refractivity (Wildman–Crippen MR) is 112 cm³/mol. The Morgan fingerprint density at radius 3 is 2.61 bits per heavy atom. The molecule has 146 valence electrons. The Bertz CT molecular complexity index is 1010. The van der Waals surface area contributed by atoms with Crippen molar-refractivity contribution in [3.63, 3.8) is 0 Å². The van der Waals surface area contributed by atoms with Crippen molar-refractivity contribution in [1.82, 2.24) is 9.38 Å². The minimum Gasteiger partial charge on any atom is -0.378 e. The molecule has 1 aromatic carbocycles. The van der Waals surface area contributed by atoms with Crippen molar-refractivity contribution in [3.05, 3.63) is 70.1 Å². The molecule has 3 aromatic rings. The van der Waals surface area contributed by atoms with Crippen LogP contribution in [-0.2, 0) is 11.2 Å². The number of para-hydroxylation sites is 1. The van der Waals surface area contributed by atoms with E-state index in [0.717, 1.165) is 35.7 Å². The van der Waals surface area contributed by atoms with E-state index in [1.807, 2.05) is 55.6 Å². The Balaban J connectivity index is 1.81. The van der Waals surface area contributed by atoms with Gasteiger partial charge in [0.2, 0.25) is 0 Å². The molecular weight excluding hydrogens is 352 g/mol. The van der Waals surface area contributed by atoms with Crippen LogP contribution >= 0.6 is 0 Å². The van der Waals surface area contributed by atoms with Crippen molar-refractivity contribution in [3.8, 4) is 0 Å². The Morgan fingerprint density at radius 1 is 1.14 bits per heavy atom. The molecule has 1 aliphatic heterocycles. The average molecular weight is 378 g/mol. The van der Waals surface area contributed by atoms with Gasteiger partial charge < -0.3 is 15.0 Å². The molecule has 0 spiro atoms. The molecule has 0 amide bonds. The largest absolute Gasteiger partial charge is 0.378 e. The van der Waals surface area contributed by atoms with E-state index in [2.05, 4.69) is 17.1 Å². The zero-order chi connectivity index (χ0) is 19.5.